The third-order valence-corrected chi connectivity index (χ3v) is 4.53. The summed E-state index contributed by atoms with van der Waals surface area (Å²) in [6.07, 6.45) is 0. The van der Waals surface area contributed by atoms with Gasteiger partial charge in [0.25, 0.3) is 0 Å². The van der Waals surface area contributed by atoms with Crippen molar-refractivity contribution in [1.29, 1.82) is 0 Å². The minimum atomic E-state index is 0.499. The van der Waals surface area contributed by atoms with E-state index in [9.17, 15) is 0 Å². The van der Waals surface area contributed by atoms with Crippen molar-refractivity contribution >= 4 is 35.4 Å². The fraction of sp³-hybridized carbons (Fsp3) is 0.385. The molecule has 0 spiro atoms. The Balaban J connectivity index is 2.11. The number of aromatic nitrogens is 3. The lowest BCUT2D eigenvalue weighted by Crippen LogP contribution is -2.44. The lowest BCUT2D eigenvalue weighted by Gasteiger charge is -2.30. The highest BCUT2D eigenvalue weighted by Gasteiger charge is 2.19. The molecule has 1 fully saturated rings. The molecule has 8 heteroatoms. The molecule has 0 atom stereocenters. The molecule has 0 unspecified atom stereocenters. The Morgan fingerprint density at radius 3 is 2.57 bits per heavy atom. The van der Waals surface area contributed by atoms with Crippen LogP contribution in [0.2, 0.25) is 10.0 Å². The van der Waals surface area contributed by atoms with Gasteiger partial charge in [-0.3, -0.25) is 0 Å². The Hall–Kier alpha value is -1.08. The molecular formula is C13H14Cl2N4OS. The van der Waals surface area contributed by atoms with E-state index in [4.69, 9.17) is 40.2 Å². The molecular weight excluding hydrogens is 331 g/mol. The molecule has 0 saturated carbocycles. The summed E-state index contributed by atoms with van der Waals surface area (Å²) >= 11 is 17.6. The normalized spacial score (nSPS) is 15.5. The standard InChI is InChI=1S/C13H14Cl2N4OS/c1-17-13(21)19(18-4-6-20-7-5-18)12(16-17)9-2-3-10(14)11(15)8-9/h2-3,8H,4-7H2,1H3. The number of halogens is 2. The van der Waals surface area contributed by atoms with Crippen molar-refractivity contribution in [2.24, 2.45) is 7.05 Å². The third kappa shape index (κ3) is 2.81. The van der Waals surface area contributed by atoms with Gasteiger partial charge in [0.1, 0.15) is 0 Å². The van der Waals surface area contributed by atoms with Gasteiger partial charge in [0.05, 0.1) is 36.3 Å². The molecule has 1 aromatic heterocycles. The van der Waals surface area contributed by atoms with Crippen LogP contribution in [0.3, 0.4) is 0 Å². The van der Waals surface area contributed by atoms with Gasteiger partial charge in [-0.05, 0) is 30.4 Å². The smallest absolute Gasteiger partial charge is 0.217 e. The minimum Gasteiger partial charge on any atom is -0.378 e. The van der Waals surface area contributed by atoms with Gasteiger partial charge < -0.3 is 9.75 Å². The van der Waals surface area contributed by atoms with Crippen LogP contribution in [0, 0.1) is 4.77 Å². The highest BCUT2D eigenvalue weighted by Crippen LogP contribution is 2.28. The molecule has 21 heavy (non-hydrogen) atoms. The first kappa shape index (κ1) is 14.8. The highest BCUT2D eigenvalue weighted by atomic mass is 35.5. The van der Waals surface area contributed by atoms with E-state index in [1.165, 1.54) is 0 Å². The van der Waals surface area contributed by atoms with E-state index in [0.29, 0.717) is 28.0 Å². The second-order valence-electron chi connectivity index (χ2n) is 4.74. The zero-order chi connectivity index (χ0) is 15.0. The first-order chi connectivity index (χ1) is 10.1. The molecule has 1 aliphatic heterocycles. The van der Waals surface area contributed by atoms with Gasteiger partial charge in [-0.15, -0.1) is 0 Å². The predicted molar refractivity (Wildman–Crippen MR) is 86.3 cm³/mol. The number of hydrogen-bond acceptors (Lipinski definition) is 4. The van der Waals surface area contributed by atoms with E-state index >= 15 is 0 Å². The second-order valence-corrected chi connectivity index (χ2v) is 5.92. The SMILES string of the molecule is Cn1nc(-c2ccc(Cl)c(Cl)c2)n(N2CCOCC2)c1=S. The number of rotatable bonds is 2. The van der Waals surface area contributed by atoms with E-state index in [1.54, 1.807) is 16.8 Å². The van der Waals surface area contributed by atoms with Crippen LogP contribution in [-0.4, -0.2) is 40.8 Å². The van der Waals surface area contributed by atoms with Crippen molar-refractivity contribution in [3.8, 4) is 11.4 Å². The summed E-state index contributed by atoms with van der Waals surface area (Å²) in [7, 11) is 1.83. The molecule has 112 valence electrons. The number of aryl methyl sites for hydroxylation is 1. The number of morpholine rings is 1. The van der Waals surface area contributed by atoms with Crippen LogP contribution < -0.4 is 5.01 Å². The van der Waals surface area contributed by atoms with Crippen molar-refractivity contribution in [2.45, 2.75) is 0 Å². The second kappa shape index (κ2) is 5.96. The summed E-state index contributed by atoms with van der Waals surface area (Å²) < 4.78 is 9.66. The zero-order valence-corrected chi connectivity index (χ0v) is 13.8. The minimum absolute atomic E-state index is 0.499. The first-order valence-electron chi connectivity index (χ1n) is 6.52. The van der Waals surface area contributed by atoms with Gasteiger partial charge in [0, 0.05) is 12.6 Å². The number of nitrogens with zero attached hydrogens (tertiary/aromatic N) is 4. The van der Waals surface area contributed by atoms with Crippen molar-refractivity contribution < 1.29 is 4.74 Å². The summed E-state index contributed by atoms with van der Waals surface area (Å²) in [5, 5.41) is 7.67. The highest BCUT2D eigenvalue weighted by molar-refractivity contribution is 7.71. The van der Waals surface area contributed by atoms with Gasteiger partial charge in [0.2, 0.25) is 4.77 Å². The molecule has 0 aliphatic carbocycles. The van der Waals surface area contributed by atoms with Gasteiger partial charge in [-0.25, -0.2) is 9.36 Å². The van der Waals surface area contributed by atoms with E-state index in [0.717, 1.165) is 24.5 Å². The molecule has 1 aromatic carbocycles. The quantitative estimate of drug-likeness (QED) is 0.784. The molecule has 1 aliphatic rings. The van der Waals surface area contributed by atoms with Crippen LogP contribution in [0.5, 0.6) is 0 Å². The molecule has 3 rings (SSSR count). The van der Waals surface area contributed by atoms with E-state index in [-0.39, 0.29) is 0 Å². The summed E-state index contributed by atoms with van der Waals surface area (Å²) in [4.78, 5) is 0. The van der Waals surface area contributed by atoms with Crippen molar-refractivity contribution in [1.82, 2.24) is 14.5 Å². The van der Waals surface area contributed by atoms with Crippen LogP contribution in [0.15, 0.2) is 18.2 Å². The maximum absolute atomic E-state index is 6.11. The van der Waals surface area contributed by atoms with E-state index in [1.807, 2.05) is 17.8 Å². The van der Waals surface area contributed by atoms with Gasteiger partial charge >= 0.3 is 0 Å². The lowest BCUT2D eigenvalue weighted by molar-refractivity contribution is 0.111. The summed E-state index contributed by atoms with van der Waals surface area (Å²) in [6, 6.07) is 5.46. The zero-order valence-electron chi connectivity index (χ0n) is 11.4. The average Bonchev–Trinajstić information content (AvgIpc) is 2.79. The molecule has 0 N–H and O–H groups in total. The molecule has 0 bridgehead atoms. The predicted octanol–water partition coefficient (Wildman–Crippen LogP) is 2.89. The van der Waals surface area contributed by atoms with E-state index in [2.05, 4.69) is 10.1 Å². The fourth-order valence-electron chi connectivity index (χ4n) is 2.28. The Morgan fingerprint density at radius 2 is 1.90 bits per heavy atom. The summed E-state index contributed by atoms with van der Waals surface area (Å²) in [5.41, 5.74) is 0.877. The van der Waals surface area contributed by atoms with Crippen LogP contribution in [0.1, 0.15) is 0 Å². The maximum Gasteiger partial charge on any atom is 0.217 e. The number of benzene rings is 1. The lowest BCUT2D eigenvalue weighted by atomic mass is 10.2. The molecule has 2 heterocycles. The van der Waals surface area contributed by atoms with Crippen LogP contribution in [-0.2, 0) is 11.8 Å². The molecule has 2 aromatic rings. The Bertz CT molecular complexity index is 721. The Kier molecular flexibility index (Phi) is 4.21. The van der Waals surface area contributed by atoms with Gasteiger partial charge in [0.15, 0.2) is 5.82 Å². The maximum atomic E-state index is 6.11. The molecule has 1 saturated heterocycles. The summed E-state index contributed by atoms with van der Waals surface area (Å²) in [6.45, 7) is 2.90. The largest absolute Gasteiger partial charge is 0.378 e. The molecule has 5 nitrogen and oxygen atoms in total. The van der Waals surface area contributed by atoms with Crippen LogP contribution in [0.25, 0.3) is 11.4 Å². The van der Waals surface area contributed by atoms with Gasteiger partial charge in [-0.2, -0.15) is 5.10 Å². The fourth-order valence-corrected chi connectivity index (χ4v) is 2.82. The first-order valence-corrected chi connectivity index (χ1v) is 7.69. The van der Waals surface area contributed by atoms with Gasteiger partial charge in [-0.1, -0.05) is 23.2 Å². The van der Waals surface area contributed by atoms with Crippen LogP contribution >= 0.6 is 35.4 Å². The number of hydrogen-bond donors (Lipinski definition) is 0. The third-order valence-electron chi connectivity index (χ3n) is 3.35. The van der Waals surface area contributed by atoms with Crippen molar-refractivity contribution in [3.05, 3.63) is 33.0 Å². The Labute approximate surface area is 137 Å². The van der Waals surface area contributed by atoms with Crippen molar-refractivity contribution in [3.63, 3.8) is 0 Å². The monoisotopic (exact) mass is 344 g/mol. The molecule has 0 amide bonds. The molecule has 0 radical (unpaired) electrons. The number of ether oxygens (including phenoxy) is 1. The van der Waals surface area contributed by atoms with Crippen LogP contribution in [0.4, 0.5) is 0 Å². The Morgan fingerprint density at radius 1 is 1.19 bits per heavy atom. The summed E-state index contributed by atoms with van der Waals surface area (Å²) in [5.74, 6) is 0.753. The van der Waals surface area contributed by atoms with Crippen molar-refractivity contribution in [2.75, 3.05) is 31.3 Å². The van der Waals surface area contributed by atoms with E-state index < -0.39 is 0 Å². The topological polar surface area (TPSA) is 35.2 Å². The average molecular weight is 345 g/mol.